The number of imidazole rings is 1. The van der Waals surface area contributed by atoms with Crippen molar-refractivity contribution in [3.05, 3.63) is 61.2 Å². The summed E-state index contributed by atoms with van der Waals surface area (Å²) >= 11 is 0. The third-order valence-corrected chi connectivity index (χ3v) is 9.51. The first kappa shape index (κ1) is 49.8. The number of fused-ring (bicyclic) bond motifs is 1. The summed E-state index contributed by atoms with van der Waals surface area (Å²) in [5.41, 5.74) is 7.28. The monoisotopic (exact) mass is 831 g/mol. The van der Waals surface area contributed by atoms with Crippen molar-refractivity contribution in [3.8, 4) is 0 Å². The van der Waals surface area contributed by atoms with E-state index < -0.39 is 63.6 Å². The number of nitrogens with two attached hydrogens (primary N) is 1. The molecule has 5 rings (SSSR count). The van der Waals surface area contributed by atoms with Gasteiger partial charge in [-0.3, -0.25) is 23.6 Å². The van der Waals surface area contributed by atoms with Gasteiger partial charge in [0.2, 0.25) is 0 Å². The van der Waals surface area contributed by atoms with E-state index in [9.17, 15) is 41.7 Å². The second-order valence-electron chi connectivity index (χ2n) is 10.3. The van der Waals surface area contributed by atoms with Crippen molar-refractivity contribution < 1.29 is 93.9 Å². The maximum Gasteiger partial charge on any atom is 1.00 e. The van der Waals surface area contributed by atoms with Gasteiger partial charge in [0.05, 0.1) is 49.7 Å². The first-order chi connectivity index (χ1) is 25.1. The Balaban J connectivity index is 0.000000406. The number of aromatic nitrogens is 4. The van der Waals surface area contributed by atoms with Crippen LogP contribution in [0.4, 0.5) is 26.8 Å². The standard InChI is InChI=1S/C10H12N5O4.2C10H13NO5S.Mg.Na/c11-8-5-9(13-2-12-8)15(3-14-5)10-7(18)6(17)4(1-16)19-10;2*1-3-16-10(12)11-8-4-6-9(7-5-8)17(13,14)15-2;;/h2-4,6-7,10,17-18H,1H2,(H2,11,12,13);2*4-7H,3H2,1-2H3,(H,11,12);;/q-1;;;;+1. The van der Waals surface area contributed by atoms with Crippen molar-refractivity contribution in [2.75, 3.05) is 50.4 Å². The van der Waals surface area contributed by atoms with Gasteiger partial charge in [0.15, 0.2) is 17.7 Å². The van der Waals surface area contributed by atoms with Crippen LogP contribution in [0.3, 0.4) is 0 Å². The van der Waals surface area contributed by atoms with Crippen molar-refractivity contribution in [2.45, 2.75) is 48.2 Å². The van der Waals surface area contributed by atoms with Crippen molar-refractivity contribution in [1.82, 2.24) is 19.5 Å². The molecule has 2 amide bonds. The molecule has 3 heterocycles. The molecule has 4 atom stereocenters. The molecular weight excluding hydrogens is 794 g/mol. The molecule has 1 aliphatic heterocycles. The van der Waals surface area contributed by atoms with Crippen LogP contribution in [0.2, 0.25) is 0 Å². The number of ether oxygens (including phenoxy) is 3. The first-order valence-corrected chi connectivity index (χ1v) is 18.2. The molecule has 0 saturated carbocycles. The molecule has 4 unspecified atom stereocenters. The molecule has 1 saturated heterocycles. The van der Waals surface area contributed by atoms with Gasteiger partial charge in [-0.05, 0) is 62.4 Å². The van der Waals surface area contributed by atoms with E-state index in [4.69, 9.17) is 10.5 Å². The minimum Gasteiger partial charge on any atom is -0.853 e. The average Bonchev–Trinajstić information content (AvgIpc) is 3.70. The zero-order valence-electron chi connectivity index (χ0n) is 30.4. The molecule has 1 aliphatic rings. The van der Waals surface area contributed by atoms with Crippen LogP contribution < -0.4 is 51.0 Å². The van der Waals surface area contributed by atoms with Crippen molar-refractivity contribution in [2.24, 2.45) is 0 Å². The summed E-state index contributed by atoms with van der Waals surface area (Å²) in [6.07, 6.45) is -2.89. The Hall–Kier alpha value is -3.24. The van der Waals surface area contributed by atoms with Gasteiger partial charge in [0.1, 0.15) is 24.1 Å². The summed E-state index contributed by atoms with van der Waals surface area (Å²) in [5.74, 6) is 0.206. The van der Waals surface area contributed by atoms with E-state index >= 15 is 0 Å². The number of anilines is 3. The molecule has 0 aliphatic carbocycles. The Bertz CT molecular complexity index is 1950. The van der Waals surface area contributed by atoms with E-state index in [1.807, 2.05) is 0 Å². The Morgan fingerprint density at radius 3 is 1.67 bits per heavy atom. The molecule has 2 aromatic heterocycles. The van der Waals surface area contributed by atoms with E-state index in [-0.39, 0.29) is 81.4 Å². The number of aliphatic hydroxyl groups is 2. The molecular formula is C30H38MgN7NaO14S2. The van der Waals surface area contributed by atoms with Gasteiger partial charge in [-0.2, -0.15) is 16.8 Å². The normalized spacial score (nSPS) is 17.5. The molecule has 0 bridgehead atoms. The second-order valence-corrected chi connectivity index (χ2v) is 13.7. The van der Waals surface area contributed by atoms with Crippen LogP contribution in [0.5, 0.6) is 0 Å². The number of amides is 2. The number of nitrogens with zero attached hydrogens (tertiary/aromatic N) is 4. The Morgan fingerprint density at radius 2 is 1.29 bits per heavy atom. The predicted octanol–water partition coefficient (Wildman–Crippen LogP) is -2.81. The van der Waals surface area contributed by atoms with E-state index in [0.717, 1.165) is 14.2 Å². The van der Waals surface area contributed by atoms with E-state index in [0.29, 0.717) is 22.5 Å². The van der Waals surface area contributed by atoms with E-state index in [1.165, 1.54) is 65.8 Å². The van der Waals surface area contributed by atoms with E-state index in [2.05, 4.69) is 43.4 Å². The Morgan fingerprint density at radius 1 is 0.836 bits per heavy atom. The molecule has 2 radical (unpaired) electrons. The average molecular weight is 832 g/mol. The van der Waals surface area contributed by atoms with Crippen molar-refractivity contribution in [3.63, 3.8) is 0 Å². The SMILES string of the molecule is CCOC(=O)Nc1ccc(S(=O)(=O)OC)cc1.CCOC(=O)Nc1ccc(S(=O)(=O)OC)cc1.Nc1ncnc2c1ncn2C1OC(C[O-])C(O)C1O.[Mg].[Na+]. The number of nitrogens with one attached hydrogen (secondary N) is 2. The van der Waals surface area contributed by atoms with Crippen LogP contribution in [0, 0.1) is 0 Å². The van der Waals surface area contributed by atoms with Gasteiger partial charge in [-0.25, -0.2) is 24.5 Å². The maximum absolute atomic E-state index is 11.3. The van der Waals surface area contributed by atoms with Crippen LogP contribution in [-0.2, 0) is 42.8 Å². The molecule has 292 valence electrons. The van der Waals surface area contributed by atoms with Crippen LogP contribution >= 0.6 is 0 Å². The second kappa shape index (κ2) is 23.1. The van der Waals surface area contributed by atoms with E-state index in [1.54, 1.807) is 13.8 Å². The summed E-state index contributed by atoms with van der Waals surface area (Å²) < 4.78 is 70.0. The van der Waals surface area contributed by atoms with Gasteiger partial charge < -0.3 is 35.3 Å². The summed E-state index contributed by atoms with van der Waals surface area (Å²) in [6.45, 7) is 3.27. The fraction of sp³-hybridized carbons (Fsp3) is 0.367. The fourth-order valence-corrected chi connectivity index (χ4v) is 5.65. The number of carbonyl (C=O) groups excluding carboxylic acids is 2. The van der Waals surface area contributed by atoms with Gasteiger partial charge in [0.25, 0.3) is 20.2 Å². The zero-order chi connectivity index (χ0) is 39.3. The number of hydrogen-bond donors (Lipinski definition) is 5. The summed E-state index contributed by atoms with van der Waals surface area (Å²) in [5, 5.41) is 35.3. The van der Waals surface area contributed by atoms with Crippen LogP contribution in [-0.4, -0.2) is 134 Å². The predicted molar refractivity (Wildman–Crippen MR) is 189 cm³/mol. The van der Waals surface area contributed by atoms with Gasteiger partial charge >= 0.3 is 41.7 Å². The van der Waals surface area contributed by atoms with Crippen LogP contribution in [0.15, 0.2) is 71.0 Å². The maximum atomic E-state index is 11.3. The third kappa shape index (κ3) is 13.7. The Kier molecular flexibility index (Phi) is 20.9. The molecule has 1 fully saturated rings. The van der Waals surface area contributed by atoms with Gasteiger partial charge in [0, 0.05) is 34.4 Å². The molecule has 21 nitrogen and oxygen atoms in total. The van der Waals surface area contributed by atoms with Gasteiger partial charge in [-0.15, -0.1) is 6.61 Å². The third-order valence-electron chi connectivity index (χ3n) is 6.93. The Labute approximate surface area is 354 Å². The number of hydrogen-bond acceptors (Lipinski definition) is 18. The minimum absolute atomic E-state index is 0. The fourth-order valence-electron chi connectivity index (χ4n) is 4.33. The number of benzene rings is 2. The topological polar surface area (TPSA) is 306 Å². The van der Waals surface area contributed by atoms with Gasteiger partial charge in [-0.1, -0.05) is 0 Å². The molecule has 2 aromatic carbocycles. The minimum atomic E-state index is -3.70. The molecule has 0 spiro atoms. The van der Waals surface area contributed by atoms with Crippen molar-refractivity contribution >= 4 is 83.8 Å². The zero-order valence-corrected chi connectivity index (χ0v) is 35.4. The first-order valence-electron chi connectivity index (χ1n) is 15.3. The number of carbonyl (C=O) groups is 2. The quantitative estimate of drug-likeness (QED) is 0.0796. The van der Waals surface area contributed by atoms with Crippen LogP contribution in [0.1, 0.15) is 20.1 Å². The van der Waals surface area contributed by atoms with Crippen molar-refractivity contribution in [1.29, 1.82) is 0 Å². The van der Waals surface area contributed by atoms with Crippen LogP contribution in [0.25, 0.3) is 11.2 Å². The summed E-state index contributed by atoms with van der Waals surface area (Å²) in [4.78, 5) is 34.0. The molecule has 4 aromatic rings. The summed E-state index contributed by atoms with van der Waals surface area (Å²) in [7, 11) is -5.23. The number of nitrogen functional groups attached to an aromatic ring is 1. The number of aliphatic hydroxyl groups excluding tert-OH is 2. The smallest absolute Gasteiger partial charge is 0.853 e. The largest absolute Gasteiger partial charge is 1.00 e. The molecule has 55 heavy (non-hydrogen) atoms. The number of rotatable bonds is 10. The molecule has 6 N–H and O–H groups in total. The summed E-state index contributed by atoms with van der Waals surface area (Å²) in [6, 6.07) is 11.1. The molecule has 25 heteroatoms.